The number of halogens is 10. The van der Waals surface area contributed by atoms with E-state index in [9.17, 15) is 44.3 Å². The molecule has 6 rings (SSSR count). The second-order valence-electron chi connectivity index (χ2n) is 11.2. The van der Waals surface area contributed by atoms with Gasteiger partial charge < -0.3 is 36.2 Å². The van der Waals surface area contributed by atoms with E-state index in [0.717, 1.165) is 59.3 Å². The molecule has 6 N–H and O–H groups in total. The lowest BCUT2D eigenvalue weighted by atomic mass is 9.96. The number of amides is 1. The van der Waals surface area contributed by atoms with Gasteiger partial charge in [0.05, 0.1) is 18.1 Å². The van der Waals surface area contributed by atoms with Crippen molar-refractivity contribution in [3.05, 3.63) is 64.5 Å². The zero-order valence-corrected chi connectivity index (χ0v) is 29.6. The highest BCUT2D eigenvalue weighted by Crippen LogP contribution is 2.31. The Bertz CT molecular complexity index is 1980. The Morgan fingerprint density at radius 1 is 0.842 bits per heavy atom. The minimum atomic E-state index is -5.08. The number of fused-ring (bicyclic) bond motifs is 6. The van der Waals surface area contributed by atoms with Gasteiger partial charge in [0.15, 0.2) is 5.82 Å². The van der Waals surface area contributed by atoms with Crippen molar-refractivity contribution in [1.29, 1.82) is 0 Å². The van der Waals surface area contributed by atoms with Crippen LogP contribution >= 0.6 is 22.9 Å². The molecule has 1 saturated heterocycles. The fraction of sp³-hybridized carbons (Fsp3) is 0.300. The summed E-state index contributed by atoms with van der Waals surface area (Å²) in [7, 11) is 0. The third-order valence-corrected chi connectivity index (χ3v) is 7.92. The van der Waals surface area contributed by atoms with Crippen LogP contribution in [0.15, 0.2) is 48.4 Å². The van der Waals surface area contributed by atoms with E-state index >= 15 is 0 Å². The van der Waals surface area contributed by atoms with Crippen molar-refractivity contribution in [3.63, 3.8) is 0 Å². The minimum Gasteiger partial charge on any atom is -0.475 e. The van der Waals surface area contributed by atoms with Gasteiger partial charge in [0, 0.05) is 43.0 Å². The van der Waals surface area contributed by atoms with Gasteiger partial charge in [0.2, 0.25) is 17.0 Å². The van der Waals surface area contributed by atoms with Crippen molar-refractivity contribution in [2.24, 2.45) is 5.92 Å². The monoisotopic (exact) mass is 861 g/mol. The molecule has 5 heterocycles. The van der Waals surface area contributed by atoms with Gasteiger partial charge in [-0.2, -0.15) is 44.5 Å². The summed E-state index contributed by atoms with van der Waals surface area (Å²) in [4.78, 5) is 54.8. The number of nitrogens with zero attached hydrogens (tertiary/aromatic N) is 6. The Labute approximate surface area is 321 Å². The number of alkyl halides is 9. The van der Waals surface area contributed by atoms with E-state index in [1.807, 2.05) is 30.5 Å². The van der Waals surface area contributed by atoms with Crippen molar-refractivity contribution >= 4 is 80.7 Å². The predicted molar refractivity (Wildman–Crippen MR) is 182 cm³/mol. The normalized spacial score (nSPS) is 13.5. The molecule has 2 aliphatic rings. The molecule has 1 fully saturated rings. The van der Waals surface area contributed by atoms with E-state index in [2.05, 4.69) is 46.0 Å². The van der Waals surface area contributed by atoms with E-state index in [1.54, 1.807) is 17.9 Å². The molecule has 1 amide bonds. The molecule has 57 heavy (non-hydrogen) atoms. The summed E-state index contributed by atoms with van der Waals surface area (Å²) >= 11 is 7.86. The number of rotatable bonds is 4. The van der Waals surface area contributed by atoms with Gasteiger partial charge >= 0.3 is 36.4 Å². The van der Waals surface area contributed by atoms with Crippen molar-refractivity contribution < 1.29 is 74.0 Å². The van der Waals surface area contributed by atoms with Crippen LogP contribution in [0.2, 0.25) is 5.02 Å². The molecule has 6 bridgehead atoms. The number of carbonyl (C=O) groups excluding carboxylic acids is 1. The molecule has 0 atom stereocenters. The number of aliphatic carboxylic acids is 3. The number of carboxylic acids is 3. The first-order valence-corrected chi connectivity index (χ1v) is 16.5. The molecule has 16 nitrogen and oxygen atoms in total. The zero-order chi connectivity index (χ0) is 42.7. The number of nitrogens with one attached hydrogen (secondary N) is 3. The van der Waals surface area contributed by atoms with Gasteiger partial charge in [-0.25, -0.2) is 19.4 Å². The maximum absolute atomic E-state index is 12.9. The number of carboxylic acid groups (broad SMARTS) is 3. The van der Waals surface area contributed by atoms with E-state index < -0.39 is 36.4 Å². The summed E-state index contributed by atoms with van der Waals surface area (Å²) in [5, 5.41) is 40.3. The van der Waals surface area contributed by atoms with Crippen LogP contribution in [0, 0.1) is 5.92 Å². The van der Waals surface area contributed by atoms with Crippen LogP contribution in [0.4, 0.5) is 73.5 Å². The fourth-order valence-corrected chi connectivity index (χ4v) is 5.10. The molecule has 4 aromatic rings. The Morgan fingerprint density at radius 3 is 1.98 bits per heavy atom. The van der Waals surface area contributed by atoms with Crippen molar-refractivity contribution in [2.45, 2.75) is 37.8 Å². The summed E-state index contributed by atoms with van der Waals surface area (Å²) < 4.78 is 95.2. The van der Waals surface area contributed by atoms with Crippen molar-refractivity contribution in [2.75, 3.05) is 33.9 Å². The number of hydrogen-bond acceptors (Lipinski definition) is 13. The maximum Gasteiger partial charge on any atom is 0.490 e. The molecule has 1 aromatic carbocycles. The van der Waals surface area contributed by atoms with E-state index in [1.165, 1.54) is 11.3 Å². The summed E-state index contributed by atoms with van der Waals surface area (Å²) in [6, 6.07) is 7.88. The molecule has 27 heteroatoms. The molecular weight excluding hydrogens is 837 g/mol. The number of aryl methyl sites for hydroxylation is 2. The number of hydrogen-bond donors (Lipinski definition) is 6. The number of aromatic nitrogens is 5. The van der Waals surface area contributed by atoms with Gasteiger partial charge in [-0.1, -0.05) is 22.9 Å². The molecule has 0 radical (unpaired) electrons. The summed E-state index contributed by atoms with van der Waals surface area (Å²) in [6.07, 6.45) is -8.18. The van der Waals surface area contributed by atoms with Gasteiger partial charge in [-0.05, 0) is 48.2 Å². The first-order chi connectivity index (χ1) is 26.4. The van der Waals surface area contributed by atoms with Crippen LogP contribution in [-0.4, -0.2) is 95.9 Å². The van der Waals surface area contributed by atoms with Gasteiger partial charge in [0.25, 0.3) is 0 Å². The lowest BCUT2D eigenvalue weighted by Crippen LogP contribution is -2.48. The van der Waals surface area contributed by atoms with Crippen LogP contribution in [0.3, 0.4) is 0 Å². The quantitative estimate of drug-likeness (QED) is 0.123. The third-order valence-electron chi connectivity index (χ3n) is 6.90. The topological polar surface area (TPSA) is 233 Å². The fourth-order valence-electron chi connectivity index (χ4n) is 4.38. The zero-order valence-electron chi connectivity index (χ0n) is 28.1. The van der Waals surface area contributed by atoms with Gasteiger partial charge in [0.1, 0.15) is 10.5 Å². The highest BCUT2D eigenvalue weighted by Gasteiger charge is 2.39. The first-order valence-electron chi connectivity index (χ1n) is 15.3. The smallest absolute Gasteiger partial charge is 0.475 e. The van der Waals surface area contributed by atoms with Gasteiger partial charge in [-0.3, -0.25) is 9.78 Å². The minimum absolute atomic E-state index is 0.00754. The highest BCUT2D eigenvalue weighted by atomic mass is 35.5. The van der Waals surface area contributed by atoms with E-state index in [-0.39, 0.29) is 5.91 Å². The summed E-state index contributed by atoms with van der Waals surface area (Å²) in [5.41, 5.74) is 6.22. The van der Waals surface area contributed by atoms with Crippen LogP contribution in [0.5, 0.6) is 0 Å². The Hall–Kier alpha value is -6.05. The molecule has 0 spiro atoms. The number of anilines is 6. The molecule has 0 saturated carbocycles. The van der Waals surface area contributed by atoms with Crippen LogP contribution < -0.4 is 20.9 Å². The number of carbonyl (C=O) groups is 4. The van der Waals surface area contributed by atoms with Crippen LogP contribution in [-0.2, 0) is 32.0 Å². The average molecular weight is 862 g/mol. The first kappa shape index (κ1) is 45.3. The highest BCUT2D eigenvalue weighted by molar-refractivity contribution is 7.13. The SMILES string of the molecule is O=C(CC1CN(c2nncs2)C1)Nc1ccc2cc1CCc1cncc(c1)Nc1ncc(Cl)c(n1)N2.O=C(O)C(F)(F)F.O=C(O)C(F)(F)F.O=C(O)C(F)(F)F. The van der Waals surface area contributed by atoms with Crippen molar-refractivity contribution in [1.82, 2.24) is 25.1 Å². The Morgan fingerprint density at radius 2 is 1.44 bits per heavy atom. The third kappa shape index (κ3) is 14.8. The summed E-state index contributed by atoms with van der Waals surface area (Å²) in [6.45, 7) is 1.63. The lowest BCUT2D eigenvalue weighted by Gasteiger charge is -2.38. The average Bonchev–Trinajstić information content (AvgIpc) is 3.62. The standard InChI is InChI=1S/C24H22ClN9OS.3C2HF3O2/c25-19-10-27-23-30-18-5-14(8-26-9-18)1-2-16-7-17(29-22(19)32-23)3-4-20(16)31-21(35)6-15-11-34(12-15)24-33-28-13-36-24;3*3-2(4,5)1(6)7/h3-5,7-10,13,15H,1-2,6,11-12H2,(H,31,35)(H2,27,29,30,32);3*(H,6,7). The Kier molecular flexibility index (Phi) is 15.3. The maximum atomic E-state index is 12.9. The largest absolute Gasteiger partial charge is 0.490 e. The molecule has 308 valence electrons. The lowest BCUT2D eigenvalue weighted by molar-refractivity contribution is -0.193. The molecule has 0 unspecified atom stereocenters. The molecule has 2 aliphatic heterocycles. The van der Waals surface area contributed by atoms with E-state index in [0.29, 0.717) is 29.1 Å². The van der Waals surface area contributed by atoms with Crippen molar-refractivity contribution in [3.8, 4) is 0 Å². The van der Waals surface area contributed by atoms with Crippen LogP contribution in [0.1, 0.15) is 17.5 Å². The molecular formula is C30H25ClF9N9O7S. The second-order valence-corrected chi connectivity index (χ2v) is 12.5. The predicted octanol–water partition coefficient (Wildman–Crippen LogP) is 6.33. The molecule has 3 aromatic heterocycles. The molecule has 0 aliphatic carbocycles. The number of pyridine rings is 1. The van der Waals surface area contributed by atoms with E-state index in [4.69, 9.17) is 41.3 Å². The Balaban J connectivity index is 0.000000341. The summed E-state index contributed by atoms with van der Waals surface area (Å²) in [5.74, 6) is -7.05. The van der Waals surface area contributed by atoms with Crippen LogP contribution in [0.25, 0.3) is 0 Å². The number of benzene rings is 1. The van der Waals surface area contributed by atoms with Gasteiger partial charge in [-0.15, -0.1) is 10.2 Å². The second kappa shape index (κ2) is 19.2.